The van der Waals surface area contributed by atoms with Gasteiger partial charge >= 0.3 is 0 Å². The largest absolute Gasteiger partial charge is 0.496 e. The number of amides is 2. The van der Waals surface area contributed by atoms with Crippen molar-refractivity contribution in [3.8, 4) is 5.75 Å². The third-order valence-corrected chi connectivity index (χ3v) is 4.80. The molecule has 1 aliphatic heterocycles. The first-order valence-electron chi connectivity index (χ1n) is 8.99. The van der Waals surface area contributed by atoms with E-state index in [1.165, 1.54) is 25.3 Å². The number of halogens is 1. The Balaban J connectivity index is 1.63. The number of hydrogen-bond acceptors (Lipinski definition) is 3. The molecule has 1 aromatic heterocycles. The average molecular weight is 373 g/mol. The van der Waals surface area contributed by atoms with Crippen LogP contribution in [0.4, 0.5) is 4.39 Å². The van der Waals surface area contributed by atoms with Crippen molar-refractivity contribution in [2.24, 2.45) is 7.05 Å². The minimum atomic E-state index is -0.394. The maximum Gasteiger partial charge on any atom is 0.255 e. The smallest absolute Gasteiger partial charge is 0.255 e. The Hall–Kier alpha value is -2.83. The number of methoxy groups -OCH3 is 1. The summed E-state index contributed by atoms with van der Waals surface area (Å²) in [6.07, 6.45) is 4.43. The fourth-order valence-corrected chi connectivity index (χ4v) is 3.34. The number of rotatable bonds is 4. The number of benzene rings is 1. The minimum absolute atomic E-state index is 0.0169. The summed E-state index contributed by atoms with van der Waals surface area (Å²) in [6.45, 7) is 2.14. The maximum atomic E-state index is 13.5. The van der Waals surface area contributed by atoms with Gasteiger partial charge in [0.25, 0.3) is 5.91 Å². The first-order valence-corrected chi connectivity index (χ1v) is 8.99. The number of hydrogen-bond donors (Lipinski definition) is 0. The van der Waals surface area contributed by atoms with Crippen LogP contribution in [0.2, 0.25) is 0 Å². The van der Waals surface area contributed by atoms with Crippen molar-refractivity contribution in [3.63, 3.8) is 0 Å². The molecule has 6 nitrogen and oxygen atoms in total. The van der Waals surface area contributed by atoms with E-state index in [2.05, 4.69) is 0 Å². The van der Waals surface area contributed by atoms with Gasteiger partial charge in [-0.05, 0) is 30.7 Å². The van der Waals surface area contributed by atoms with E-state index in [4.69, 9.17) is 4.74 Å². The summed E-state index contributed by atoms with van der Waals surface area (Å²) < 4.78 is 20.6. The summed E-state index contributed by atoms with van der Waals surface area (Å²) in [5.74, 6) is -0.000776. The summed E-state index contributed by atoms with van der Waals surface area (Å²) in [5.41, 5.74) is 1.19. The van der Waals surface area contributed by atoms with Gasteiger partial charge in [-0.25, -0.2) is 4.39 Å². The molecule has 1 aliphatic rings. The topological polar surface area (TPSA) is 54.8 Å². The zero-order valence-electron chi connectivity index (χ0n) is 15.7. The summed E-state index contributed by atoms with van der Waals surface area (Å²) >= 11 is 0. The predicted molar refractivity (Wildman–Crippen MR) is 99.2 cm³/mol. The van der Waals surface area contributed by atoms with Crippen molar-refractivity contribution in [2.45, 2.75) is 12.8 Å². The average Bonchev–Trinajstić information content (AvgIpc) is 2.93. The van der Waals surface area contributed by atoms with Gasteiger partial charge in [0.05, 0.1) is 19.1 Å². The lowest BCUT2D eigenvalue weighted by atomic mass is 10.1. The van der Waals surface area contributed by atoms with E-state index < -0.39 is 5.82 Å². The van der Waals surface area contributed by atoms with Crippen LogP contribution in [-0.4, -0.2) is 59.5 Å². The molecule has 7 heteroatoms. The van der Waals surface area contributed by atoms with Gasteiger partial charge in [-0.2, -0.15) is 0 Å². The molecule has 1 fully saturated rings. The van der Waals surface area contributed by atoms with Gasteiger partial charge in [0.15, 0.2) is 0 Å². The second-order valence-corrected chi connectivity index (χ2v) is 6.73. The predicted octanol–water partition coefficient (Wildman–Crippen LogP) is 2.09. The van der Waals surface area contributed by atoms with Crippen LogP contribution in [-0.2, 0) is 18.3 Å². The van der Waals surface area contributed by atoms with Gasteiger partial charge in [-0.3, -0.25) is 9.59 Å². The zero-order chi connectivity index (χ0) is 19.4. The molecule has 0 bridgehead atoms. The van der Waals surface area contributed by atoms with E-state index in [1.807, 2.05) is 17.8 Å². The fourth-order valence-electron chi connectivity index (χ4n) is 3.34. The van der Waals surface area contributed by atoms with E-state index in [9.17, 15) is 14.0 Å². The third-order valence-electron chi connectivity index (χ3n) is 4.80. The van der Waals surface area contributed by atoms with Crippen LogP contribution in [0.1, 0.15) is 22.3 Å². The molecule has 1 saturated heterocycles. The molecule has 3 rings (SSSR count). The summed E-state index contributed by atoms with van der Waals surface area (Å²) in [5, 5.41) is 0. The molecule has 0 unspecified atom stereocenters. The van der Waals surface area contributed by atoms with Crippen LogP contribution < -0.4 is 4.74 Å². The second kappa shape index (κ2) is 8.24. The van der Waals surface area contributed by atoms with Crippen molar-refractivity contribution in [1.29, 1.82) is 0 Å². The molecule has 0 radical (unpaired) electrons. The second-order valence-electron chi connectivity index (χ2n) is 6.73. The van der Waals surface area contributed by atoms with Gasteiger partial charge in [0.2, 0.25) is 5.91 Å². The Morgan fingerprint density at radius 1 is 1.11 bits per heavy atom. The fraction of sp³-hybridized carbons (Fsp3) is 0.400. The van der Waals surface area contributed by atoms with Crippen LogP contribution in [0.15, 0.2) is 36.7 Å². The van der Waals surface area contributed by atoms with E-state index in [1.54, 1.807) is 22.1 Å². The number of aromatic nitrogens is 1. The SMILES string of the molecule is COc1ccc(F)cc1CC(=O)N1CCCN(C(=O)c2ccn(C)c2)CC1. The van der Waals surface area contributed by atoms with Crippen LogP contribution in [0.25, 0.3) is 0 Å². The maximum absolute atomic E-state index is 13.5. The van der Waals surface area contributed by atoms with Gasteiger partial charge < -0.3 is 19.1 Å². The number of carbonyl (C=O) groups is 2. The monoisotopic (exact) mass is 373 g/mol. The van der Waals surface area contributed by atoms with Gasteiger partial charge in [0.1, 0.15) is 11.6 Å². The first-order chi connectivity index (χ1) is 13.0. The van der Waals surface area contributed by atoms with E-state index >= 15 is 0 Å². The summed E-state index contributed by atoms with van der Waals surface area (Å²) in [7, 11) is 3.38. The lowest BCUT2D eigenvalue weighted by molar-refractivity contribution is -0.130. The first kappa shape index (κ1) is 18.9. The molecule has 1 aromatic carbocycles. The zero-order valence-corrected chi connectivity index (χ0v) is 15.7. The highest BCUT2D eigenvalue weighted by Crippen LogP contribution is 2.21. The van der Waals surface area contributed by atoms with Gasteiger partial charge in [0, 0.05) is 51.2 Å². The molecular weight excluding hydrogens is 349 g/mol. The molecule has 144 valence electrons. The van der Waals surface area contributed by atoms with Gasteiger partial charge in [-0.1, -0.05) is 0 Å². The summed E-state index contributed by atoms with van der Waals surface area (Å²) in [6, 6.07) is 5.97. The Bertz CT molecular complexity index is 834. The van der Waals surface area contributed by atoms with Gasteiger partial charge in [-0.15, -0.1) is 0 Å². The lowest BCUT2D eigenvalue weighted by Gasteiger charge is -2.22. The van der Waals surface area contributed by atoms with E-state index in [0.29, 0.717) is 49.5 Å². The summed E-state index contributed by atoms with van der Waals surface area (Å²) in [4.78, 5) is 28.8. The number of nitrogens with zero attached hydrogens (tertiary/aromatic N) is 3. The minimum Gasteiger partial charge on any atom is -0.496 e. The number of ether oxygens (including phenoxy) is 1. The number of aryl methyl sites for hydroxylation is 1. The Labute approximate surface area is 158 Å². The normalized spacial score (nSPS) is 14.8. The Morgan fingerprint density at radius 2 is 1.85 bits per heavy atom. The van der Waals surface area contributed by atoms with E-state index in [-0.39, 0.29) is 18.2 Å². The molecule has 2 aromatic rings. The highest BCUT2D eigenvalue weighted by Gasteiger charge is 2.24. The van der Waals surface area contributed by atoms with Crippen molar-refractivity contribution < 1.29 is 18.7 Å². The molecule has 0 aliphatic carbocycles. The highest BCUT2D eigenvalue weighted by atomic mass is 19.1. The molecule has 0 saturated carbocycles. The molecule has 0 atom stereocenters. The molecule has 0 spiro atoms. The van der Waals surface area contributed by atoms with Crippen molar-refractivity contribution >= 4 is 11.8 Å². The van der Waals surface area contributed by atoms with Crippen LogP contribution in [0.3, 0.4) is 0 Å². The number of carbonyl (C=O) groups excluding carboxylic acids is 2. The molecule has 27 heavy (non-hydrogen) atoms. The van der Waals surface area contributed by atoms with Crippen LogP contribution >= 0.6 is 0 Å². The molecule has 2 heterocycles. The van der Waals surface area contributed by atoms with E-state index in [0.717, 1.165) is 0 Å². The Morgan fingerprint density at radius 3 is 2.56 bits per heavy atom. The quantitative estimate of drug-likeness (QED) is 0.825. The van der Waals surface area contributed by atoms with Crippen LogP contribution in [0, 0.1) is 5.82 Å². The van der Waals surface area contributed by atoms with Crippen molar-refractivity contribution in [2.75, 3.05) is 33.3 Å². The Kier molecular flexibility index (Phi) is 5.78. The highest BCUT2D eigenvalue weighted by molar-refractivity contribution is 5.94. The molecular formula is C20H24FN3O3. The van der Waals surface area contributed by atoms with Crippen molar-refractivity contribution in [1.82, 2.24) is 14.4 Å². The third kappa shape index (κ3) is 4.48. The molecule has 0 N–H and O–H groups in total. The lowest BCUT2D eigenvalue weighted by Crippen LogP contribution is -2.38. The molecule has 2 amide bonds. The van der Waals surface area contributed by atoms with Crippen LogP contribution in [0.5, 0.6) is 5.75 Å². The van der Waals surface area contributed by atoms with Crippen molar-refractivity contribution in [3.05, 3.63) is 53.6 Å². The standard InChI is InChI=1S/C20H24FN3O3/c1-22-9-6-15(14-22)20(26)24-8-3-7-23(10-11-24)19(25)13-16-12-17(21)4-5-18(16)27-2/h4-6,9,12,14H,3,7-8,10-11,13H2,1-2H3.